The van der Waals surface area contributed by atoms with E-state index in [1.165, 1.54) is 18.6 Å². The Morgan fingerprint density at radius 1 is 1.37 bits per heavy atom. The first-order chi connectivity index (χ1) is 9.25. The fourth-order valence-corrected chi connectivity index (χ4v) is 3.93. The molecule has 1 aromatic heterocycles. The fourth-order valence-electron chi connectivity index (χ4n) is 2.58. The van der Waals surface area contributed by atoms with Gasteiger partial charge in [-0.05, 0) is 42.9 Å². The maximum Gasteiger partial charge on any atom is 0.0908 e. The molecule has 2 atom stereocenters. The zero-order valence-corrected chi connectivity index (χ0v) is 12.5. The monoisotopic (exact) mass is 292 g/mol. The van der Waals surface area contributed by atoms with Crippen LogP contribution in [-0.2, 0) is 0 Å². The SMILES string of the molecule is CC1SCCCC1Nc1ccc(Cl)c2ncccc12. The lowest BCUT2D eigenvalue weighted by Gasteiger charge is -2.30. The van der Waals surface area contributed by atoms with E-state index in [4.69, 9.17) is 11.6 Å². The standard InChI is InChI=1S/C15H17ClN2S/c1-10-13(5-3-9-19-10)18-14-7-6-12(16)15-11(14)4-2-8-17-15/h2,4,6-8,10,13,18H,3,5,9H2,1H3. The summed E-state index contributed by atoms with van der Waals surface area (Å²) >= 11 is 8.26. The maximum absolute atomic E-state index is 6.21. The lowest BCUT2D eigenvalue weighted by atomic mass is 10.1. The molecule has 1 saturated heterocycles. The van der Waals surface area contributed by atoms with E-state index >= 15 is 0 Å². The summed E-state index contributed by atoms with van der Waals surface area (Å²) in [5.41, 5.74) is 2.03. The van der Waals surface area contributed by atoms with Gasteiger partial charge in [0.2, 0.25) is 0 Å². The average molecular weight is 293 g/mol. The third-order valence-corrected chi connectivity index (χ3v) is 5.35. The highest BCUT2D eigenvalue weighted by Gasteiger charge is 2.22. The normalized spacial score (nSPS) is 23.5. The number of pyridine rings is 1. The van der Waals surface area contributed by atoms with Gasteiger partial charge < -0.3 is 5.32 Å². The Morgan fingerprint density at radius 2 is 2.26 bits per heavy atom. The lowest BCUT2D eigenvalue weighted by molar-refractivity contribution is 0.618. The Labute approximate surface area is 122 Å². The molecule has 2 nitrogen and oxygen atoms in total. The van der Waals surface area contributed by atoms with E-state index in [2.05, 4.69) is 29.4 Å². The molecule has 2 heterocycles. The number of hydrogen-bond donors (Lipinski definition) is 1. The van der Waals surface area contributed by atoms with Crippen LogP contribution in [0.2, 0.25) is 5.02 Å². The van der Waals surface area contributed by atoms with Crippen molar-refractivity contribution in [2.75, 3.05) is 11.1 Å². The minimum absolute atomic E-state index is 0.531. The molecule has 0 amide bonds. The van der Waals surface area contributed by atoms with Gasteiger partial charge in [0.25, 0.3) is 0 Å². The van der Waals surface area contributed by atoms with Gasteiger partial charge in [0, 0.05) is 28.6 Å². The van der Waals surface area contributed by atoms with E-state index in [1.54, 1.807) is 6.20 Å². The predicted molar refractivity (Wildman–Crippen MR) is 85.3 cm³/mol. The van der Waals surface area contributed by atoms with Crippen molar-refractivity contribution in [1.82, 2.24) is 4.98 Å². The van der Waals surface area contributed by atoms with Crippen LogP contribution in [0, 0.1) is 0 Å². The molecule has 0 radical (unpaired) electrons. The van der Waals surface area contributed by atoms with Crippen LogP contribution in [0.25, 0.3) is 10.9 Å². The fraction of sp³-hybridized carbons (Fsp3) is 0.400. The average Bonchev–Trinajstić information content (AvgIpc) is 2.44. The number of nitrogens with zero attached hydrogens (tertiary/aromatic N) is 1. The molecule has 1 aromatic carbocycles. The van der Waals surface area contributed by atoms with Gasteiger partial charge in [-0.25, -0.2) is 0 Å². The highest BCUT2D eigenvalue weighted by molar-refractivity contribution is 8.00. The molecule has 0 spiro atoms. The molecule has 100 valence electrons. The smallest absolute Gasteiger partial charge is 0.0908 e. The Morgan fingerprint density at radius 3 is 3.11 bits per heavy atom. The molecule has 1 aliphatic heterocycles. The first kappa shape index (κ1) is 13.1. The number of fused-ring (bicyclic) bond motifs is 1. The summed E-state index contributed by atoms with van der Waals surface area (Å²) in [6.45, 7) is 2.30. The summed E-state index contributed by atoms with van der Waals surface area (Å²) in [5.74, 6) is 1.28. The van der Waals surface area contributed by atoms with Crippen molar-refractivity contribution in [2.24, 2.45) is 0 Å². The Hall–Kier alpha value is -0.930. The highest BCUT2D eigenvalue weighted by atomic mass is 35.5. The molecule has 0 bridgehead atoms. The van der Waals surface area contributed by atoms with Gasteiger partial charge in [-0.15, -0.1) is 0 Å². The number of thioether (sulfide) groups is 1. The Kier molecular flexibility index (Phi) is 3.85. The van der Waals surface area contributed by atoms with Crippen LogP contribution in [0.4, 0.5) is 5.69 Å². The first-order valence-corrected chi connectivity index (χ1v) is 8.10. The van der Waals surface area contributed by atoms with E-state index in [-0.39, 0.29) is 0 Å². The van der Waals surface area contributed by atoms with Gasteiger partial charge in [-0.1, -0.05) is 18.5 Å². The van der Waals surface area contributed by atoms with Gasteiger partial charge in [0.05, 0.1) is 10.5 Å². The van der Waals surface area contributed by atoms with Crippen molar-refractivity contribution in [3.63, 3.8) is 0 Å². The second-order valence-corrected chi connectivity index (χ2v) is 6.86. The molecular weight excluding hydrogens is 276 g/mol. The van der Waals surface area contributed by atoms with Crippen LogP contribution in [0.3, 0.4) is 0 Å². The molecule has 2 unspecified atom stereocenters. The quantitative estimate of drug-likeness (QED) is 0.877. The molecule has 4 heteroatoms. The van der Waals surface area contributed by atoms with E-state index in [9.17, 15) is 0 Å². The summed E-state index contributed by atoms with van der Waals surface area (Å²) in [4.78, 5) is 4.38. The molecule has 0 aliphatic carbocycles. The van der Waals surface area contributed by atoms with Crippen LogP contribution >= 0.6 is 23.4 Å². The number of halogens is 1. The number of rotatable bonds is 2. The lowest BCUT2D eigenvalue weighted by Crippen LogP contribution is -2.32. The van der Waals surface area contributed by atoms with Crippen LogP contribution in [0.5, 0.6) is 0 Å². The summed E-state index contributed by atoms with van der Waals surface area (Å²) in [5, 5.41) is 6.15. The maximum atomic E-state index is 6.21. The van der Waals surface area contributed by atoms with Gasteiger partial charge in [0.1, 0.15) is 0 Å². The third kappa shape index (κ3) is 2.67. The number of aromatic nitrogens is 1. The van der Waals surface area contributed by atoms with Crippen molar-refractivity contribution in [1.29, 1.82) is 0 Å². The Bertz CT molecular complexity index is 587. The van der Waals surface area contributed by atoms with Crippen LogP contribution in [0.15, 0.2) is 30.5 Å². The molecule has 2 aromatic rings. The first-order valence-electron chi connectivity index (χ1n) is 6.67. The van der Waals surface area contributed by atoms with Crippen LogP contribution in [0.1, 0.15) is 19.8 Å². The minimum atomic E-state index is 0.531. The number of benzene rings is 1. The van der Waals surface area contributed by atoms with Gasteiger partial charge >= 0.3 is 0 Å². The molecule has 1 fully saturated rings. The Balaban J connectivity index is 1.94. The second-order valence-electron chi connectivity index (χ2n) is 4.96. The van der Waals surface area contributed by atoms with Crippen molar-refractivity contribution in [2.45, 2.75) is 31.1 Å². The topological polar surface area (TPSA) is 24.9 Å². The molecule has 19 heavy (non-hydrogen) atoms. The zero-order chi connectivity index (χ0) is 13.2. The van der Waals surface area contributed by atoms with E-state index in [1.807, 2.05) is 23.9 Å². The second kappa shape index (κ2) is 5.59. The van der Waals surface area contributed by atoms with E-state index in [0.29, 0.717) is 16.3 Å². The van der Waals surface area contributed by atoms with Gasteiger partial charge in [0.15, 0.2) is 0 Å². The summed E-state index contributed by atoms with van der Waals surface area (Å²) < 4.78 is 0. The molecule has 3 rings (SSSR count). The highest BCUT2D eigenvalue weighted by Crippen LogP contribution is 2.32. The van der Waals surface area contributed by atoms with Gasteiger partial charge in [-0.2, -0.15) is 11.8 Å². The van der Waals surface area contributed by atoms with Crippen molar-refractivity contribution >= 4 is 40.0 Å². The van der Waals surface area contributed by atoms with Crippen LogP contribution < -0.4 is 5.32 Å². The number of nitrogens with one attached hydrogen (secondary N) is 1. The largest absolute Gasteiger partial charge is 0.381 e. The summed E-state index contributed by atoms with van der Waals surface area (Å²) in [6.07, 6.45) is 4.31. The molecule has 0 saturated carbocycles. The van der Waals surface area contributed by atoms with Crippen LogP contribution in [-0.4, -0.2) is 22.0 Å². The summed E-state index contributed by atoms with van der Waals surface area (Å²) in [6, 6.07) is 8.57. The predicted octanol–water partition coefficient (Wildman–Crippen LogP) is 4.58. The summed E-state index contributed by atoms with van der Waals surface area (Å²) in [7, 11) is 0. The third-order valence-electron chi connectivity index (χ3n) is 3.67. The van der Waals surface area contributed by atoms with E-state index in [0.717, 1.165) is 16.6 Å². The molecular formula is C15H17ClN2S. The van der Waals surface area contributed by atoms with E-state index < -0.39 is 0 Å². The van der Waals surface area contributed by atoms with Gasteiger partial charge in [-0.3, -0.25) is 4.98 Å². The zero-order valence-electron chi connectivity index (χ0n) is 10.9. The van der Waals surface area contributed by atoms with Crippen molar-refractivity contribution in [3.8, 4) is 0 Å². The minimum Gasteiger partial charge on any atom is -0.381 e. The number of hydrogen-bond acceptors (Lipinski definition) is 3. The molecule has 1 N–H and O–H groups in total. The number of anilines is 1. The van der Waals surface area contributed by atoms with Crippen molar-refractivity contribution in [3.05, 3.63) is 35.5 Å². The molecule has 1 aliphatic rings. The van der Waals surface area contributed by atoms with Crippen molar-refractivity contribution < 1.29 is 0 Å².